The molecular weight excluding hydrogens is 328 g/mol. The standard InChI is InChI=1S/C13H16N2O5S2/c1-20-10-6-8-12(9-7-10)22(18,19)13(15-14)21(16,17)11-4-2-3-5-11/h6-9,11H,2-5H2,1H3. The molecule has 0 unspecified atom stereocenters. The van der Waals surface area contributed by atoms with E-state index < -0.39 is 29.3 Å². The van der Waals surface area contributed by atoms with Crippen molar-refractivity contribution in [2.24, 2.45) is 0 Å². The molecule has 2 rings (SSSR count). The maximum absolute atomic E-state index is 12.5. The first kappa shape index (κ1) is 16.7. The van der Waals surface area contributed by atoms with Gasteiger partial charge in [-0.2, -0.15) is 0 Å². The van der Waals surface area contributed by atoms with Crippen LogP contribution in [0.25, 0.3) is 5.53 Å². The zero-order chi connectivity index (χ0) is 16.4. The van der Waals surface area contributed by atoms with Crippen LogP contribution >= 0.6 is 0 Å². The predicted octanol–water partition coefficient (Wildman–Crippen LogP) is 1.41. The van der Waals surface area contributed by atoms with E-state index in [4.69, 9.17) is 10.3 Å². The van der Waals surface area contributed by atoms with E-state index in [0.29, 0.717) is 31.4 Å². The number of methoxy groups -OCH3 is 1. The van der Waals surface area contributed by atoms with E-state index in [-0.39, 0.29) is 4.90 Å². The van der Waals surface area contributed by atoms with Gasteiger partial charge >= 0.3 is 4.38 Å². The van der Waals surface area contributed by atoms with E-state index in [9.17, 15) is 16.8 Å². The Morgan fingerprint density at radius 1 is 1.14 bits per heavy atom. The van der Waals surface area contributed by atoms with Gasteiger partial charge in [-0.15, -0.1) is 4.79 Å². The zero-order valence-corrected chi connectivity index (χ0v) is 13.6. The summed E-state index contributed by atoms with van der Waals surface area (Å²) in [5.41, 5.74) is 9.02. The van der Waals surface area contributed by atoms with Crippen molar-refractivity contribution >= 4 is 24.1 Å². The molecule has 0 atom stereocenters. The van der Waals surface area contributed by atoms with Crippen LogP contribution in [0.3, 0.4) is 0 Å². The average molecular weight is 344 g/mol. The fourth-order valence-corrected chi connectivity index (χ4v) is 6.54. The molecule has 0 aromatic heterocycles. The van der Waals surface area contributed by atoms with Crippen LogP contribution in [0, 0.1) is 0 Å². The summed E-state index contributed by atoms with van der Waals surface area (Å²) < 4.78 is 53.5. The van der Waals surface area contributed by atoms with Gasteiger partial charge in [0.25, 0.3) is 19.7 Å². The Labute approximate surface area is 129 Å². The maximum Gasteiger partial charge on any atom is 0.499 e. The van der Waals surface area contributed by atoms with Crippen molar-refractivity contribution in [1.82, 2.24) is 0 Å². The molecule has 0 amide bonds. The molecule has 0 heterocycles. The third kappa shape index (κ3) is 2.92. The lowest BCUT2D eigenvalue weighted by Gasteiger charge is -2.07. The number of hydrogen-bond acceptors (Lipinski definition) is 5. The van der Waals surface area contributed by atoms with Crippen LogP contribution in [-0.4, -0.2) is 38.4 Å². The van der Waals surface area contributed by atoms with Gasteiger partial charge in [-0.3, -0.25) is 0 Å². The van der Waals surface area contributed by atoms with Gasteiger partial charge in [0.1, 0.15) is 5.75 Å². The normalized spacial score (nSPS) is 16.2. The van der Waals surface area contributed by atoms with Gasteiger partial charge < -0.3 is 10.3 Å². The van der Waals surface area contributed by atoms with Crippen molar-refractivity contribution in [2.75, 3.05) is 7.11 Å². The Balaban J connectivity index is 2.47. The summed E-state index contributed by atoms with van der Waals surface area (Å²) >= 11 is 0. The molecule has 1 aromatic rings. The molecule has 0 aliphatic heterocycles. The molecule has 0 saturated heterocycles. The van der Waals surface area contributed by atoms with Crippen LogP contribution in [0.15, 0.2) is 29.2 Å². The molecule has 7 nitrogen and oxygen atoms in total. The van der Waals surface area contributed by atoms with Crippen molar-refractivity contribution in [1.29, 1.82) is 0 Å². The van der Waals surface area contributed by atoms with Crippen molar-refractivity contribution in [3.8, 4) is 5.75 Å². The highest BCUT2D eigenvalue weighted by atomic mass is 32.3. The van der Waals surface area contributed by atoms with Crippen LogP contribution in [-0.2, 0) is 19.7 Å². The van der Waals surface area contributed by atoms with E-state index in [1.807, 2.05) is 0 Å². The van der Waals surface area contributed by atoms with Gasteiger partial charge in [0.05, 0.1) is 17.3 Å². The Bertz CT molecular complexity index is 800. The number of sulfone groups is 2. The quantitative estimate of drug-likeness (QED) is 0.356. The van der Waals surface area contributed by atoms with Crippen LogP contribution in [0.1, 0.15) is 25.7 Å². The van der Waals surface area contributed by atoms with Crippen molar-refractivity contribution < 1.29 is 26.4 Å². The number of hydrogen-bond donors (Lipinski definition) is 0. The second-order valence-corrected chi connectivity index (χ2v) is 9.26. The molecule has 1 aliphatic carbocycles. The first-order valence-electron chi connectivity index (χ1n) is 6.69. The number of rotatable bonds is 3. The summed E-state index contributed by atoms with van der Waals surface area (Å²) in [5.74, 6) is 0.431. The molecule has 1 saturated carbocycles. The van der Waals surface area contributed by atoms with Gasteiger partial charge in [-0.25, -0.2) is 16.8 Å². The Morgan fingerprint density at radius 2 is 1.68 bits per heavy atom. The zero-order valence-electron chi connectivity index (χ0n) is 12.0. The van der Waals surface area contributed by atoms with Gasteiger partial charge in [0.15, 0.2) is 0 Å². The number of benzene rings is 1. The third-order valence-corrected chi connectivity index (χ3v) is 8.37. The molecule has 22 heavy (non-hydrogen) atoms. The van der Waals surface area contributed by atoms with Gasteiger partial charge in [0.2, 0.25) is 0 Å². The summed E-state index contributed by atoms with van der Waals surface area (Å²) in [6.07, 6.45) is 2.18. The summed E-state index contributed by atoms with van der Waals surface area (Å²) in [4.78, 5) is 2.34. The predicted molar refractivity (Wildman–Crippen MR) is 80.0 cm³/mol. The number of ether oxygens (including phenoxy) is 1. The molecule has 0 bridgehead atoms. The average Bonchev–Trinajstić information content (AvgIpc) is 3.02. The topological polar surface area (TPSA) is 114 Å². The SMILES string of the molecule is COc1ccc(S(=O)(=O)C(=[N+]=[N-])S(=O)(=O)C2CCCC2)cc1. The van der Waals surface area contributed by atoms with Gasteiger partial charge in [0, 0.05) is 0 Å². The van der Waals surface area contributed by atoms with E-state index in [0.717, 1.165) is 0 Å². The Kier molecular flexibility index (Phi) is 4.69. The maximum atomic E-state index is 12.5. The van der Waals surface area contributed by atoms with E-state index in [2.05, 4.69) is 4.79 Å². The van der Waals surface area contributed by atoms with Crippen LogP contribution in [0.4, 0.5) is 0 Å². The summed E-state index contributed by atoms with van der Waals surface area (Å²) in [6, 6.07) is 5.21. The Hall–Kier alpha value is -1.70. The highest BCUT2D eigenvalue weighted by Gasteiger charge is 2.47. The minimum Gasteiger partial charge on any atom is -0.497 e. The van der Waals surface area contributed by atoms with Gasteiger partial charge in [-0.05, 0) is 37.1 Å². The molecule has 120 valence electrons. The molecule has 0 radical (unpaired) electrons. The van der Waals surface area contributed by atoms with E-state index >= 15 is 0 Å². The lowest BCUT2D eigenvalue weighted by atomic mass is 10.3. The smallest absolute Gasteiger partial charge is 0.497 e. The molecule has 0 spiro atoms. The third-order valence-electron chi connectivity index (χ3n) is 3.67. The van der Waals surface area contributed by atoms with Crippen molar-refractivity contribution in [2.45, 2.75) is 35.8 Å². The minimum atomic E-state index is -4.41. The minimum absolute atomic E-state index is 0.261. The van der Waals surface area contributed by atoms with Gasteiger partial charge in [-0.1, -0.05) is 12.8 Å². The molecule has 1 aromatic carbocycles. The monoisotopic (exact) mass is 344 g/mol. The summed E-state index contributed by atoms with van der Waals surface area (Å²) in [6.45, 7) is 0. The molecule has 0 N–H and O–H groups in total. The second-order valence-electron chi connectivity index (χ2n) is 5.00. The lowest BCUT2D eigenvalue weighted by molar-refractivity contribution is 0.00373. The van der Waals surface area contributed by atoms with Crippen molar-refractivity contribution in [3.63, 3.8) is 0 Å². The van der Waals surface area contributed by atoms with E-state index in [1.54, 1.807) is 0 Å². The van der Waals surface area contributed by atoms with E-state index in [1.165, 1.54) is 31.4 Å². The molecular formula is C13H16N2O5S2. The molecule has 1 fully saturated rings. The first-order valence-corrected chi connectivity index (χ1v) is 9.72. The number of nitrogens with zero attached hydrogens (tertiary/aromatic N) is 2. The first-order chi connectivity index (χ1) is 10.3. The highest BCUT2D eigenvalue weighted by molar-refractivity contribution is 8.31. The fourth-order valence-electron chi connectivity index (χ4n) is 2.46. The Morgan fingerprint density at radius 3 is 2.14 bits per heavy atom. The van der Waals surface area contributed by atoms with Crippen molar-refractivity contribution in [3.05, 3.63) is 29.8 Å². The summed E-state index contributed by atoms with van der Waals surface area (Å²) in [5, 5.41) is -0.813. The highest BCUT2D eigenvalue weighted by Crippen LogP contribution is 2.28. The van der Waals surface area contributed by atoms with Crippen LogP contribution in [0.5, 0.6) is 5.75 Å². The molecule has 9 heteroatoms. The second kappa shape index (κ2) is 6.20. The largest absolute Gasteiger partial charge is 0.499 e. The lowest BCUT2D eigenvalue weighted by Crippen LogP contribution is -2.33. The van der Waals surface area contributed by atoms with Crippen LogP contribution < -0.4 is 4.74 Å². The van der Waals surface area contributed by atoms with Crippen LogP contribution in [0.2, 0.25) is 0 Å². The summed E-state index contributed by atoms with van der Waals surface area (Å²) in [7, 11) is -7.18. The molecule has 1 aliphatic rings. The fraction of sp³-hybridized carbons (Fsp3) is 0.462.